The van der Waals surface area contributed by atoms with Gasteiger partial charge in [0.25, 0.3) is 0 Å². The van der Waals surface area contributed by atoms with E-state index in [9.17, 15) is 0 Å². The number of benzene rings is 1. The van der Waals surface area contributed by atoms with Gasteiger partial charge in [0, 0.05) is 30.2 Å². The number of hydrogen-bond acceptors (Lipinski definition) is 3. The summed E-state index contributed by atoms with van der Waals surface area (Å²) in [5.41, 5.74) is 2.53. The number of anilines is 1. The van der Waals surface area contributed by atoms with Crippen LogP contribution in [0.1, 0.15) is 38.8 Å². The molecule has 0 amide bonds. The Morgan fingerprint density at radius 1 is 1.35 bits per heavy atom. The van der Waals surface area contributed by atoms with Crippen molar-refractivity contribution in [3.63, 3.8) is 0 Å². The molecular formula is C16H27BrN2O. The number of nitrogens with one attached hydrogen (secondary N) is 1. The van der Waals surface area contributed by atoms with E-state index >= 15 is 0 Å². The molecule has 20 heavy (non-hydrogen) atoms. The summed E-state index contributed by atoms with van der Waals surface area (Å²) in [6.45, 7) is 8.29. The lowest BCUT2D eigenvalue weighted by Gasteiger charge is -2.32. The molecule has 1 aromatic rings. The smallest absolute Gasteiger partial charge is 0.0637 e. The van der Waals surface area contributed by atoms with Gasteiger partial charge in [0.15, 0.2) is 0 Å². The van der Waals surface area contributed by atoms with E-state index in [1.165, 1.54) is 11.3 Å². The second-order valence-electron chi connectivity index (χ2n) is 5.16. The number of ether oxygens (including phenoxy) is 1. The molecule has 0 spiro atoms. The summed E-state index contributed by atoms with van der Waals surface area (Å²) in [6.07, 6.45) is 1.12. The highest BCUT2D eigenvalue weighted by Gasteiger charge is 2.16. The lowest BCUT2D eigenvalue weighted by atomic mass is 10.1. The number of hydrogen-bond donors (Lipinski definition) is 1. The van der Waals surface area contributed by atoms with E-state index < -0.39 is 0 Å². The van der Waals surface area contributed by atoms with Crippen molar-refractivity contribution in [1.82, 2.24) is 5.32 Å². The van der Waals surface area contributed by atoms with Crippen LogP contribution in [0.2, 0.25) is 0 Å². The van der Waals surface area contributed by atoms with Crippen LogP contribution in [0.5, 0.6) is 0 Å². The summed E-state index contributed by atoms with van der Waals surface area (Å²) in [4.78, 5) is 2.40. The maximum atomic E-state index is 5.24. The molecule has 2 atom stereocenters. The third-order valence-electron chi connectivity index (χ3n) is 3.87. The van der Waals surface area contributed by atoms with Crippen LogP contribution in [-0.4, -0.2) is 33.4 Å². The van der Waals surface area contributed by atoms with Crippen LogP contribution in [-0.2, 0) is 4.74 Å². The molecule has 0 saturated heterocycles. The van der Waals surface area contributed by atoms with Crippen molar-refractivity contribution >= 4 is 21.6 Å². The molecule has 0 aliphatic rings. The second kappa shape index (κ2) is 8.65. The van der Waals surface area contributed by atoms with Gasteiger partial charge in [0.05, 0.1) is 12.3 Å². The Kier molecular flexibility index (Phi) is 7.56. The quantitative estimate of drug-likeness (QED) is 0.773. The first-order valence-corrected chi connectivity index (χ1v) is 8.06. The Hall–Kier alpha value is -0.580. The summed E-state index contributed by atoms with van der Waals surface area (Å²) in [7, 11) is 3.73. The molecule has 1 N–H and O–H groups in total. The fraction of sp³-hybridized carbons (Fsp3) is 0.625. The molecule has 1 rings (SSSR count). The molecule has 3 nitrogen and oxygen atoms in total. The summed E-state index contributed by atoms with van der Waals surface area (Å²) >= 11 is 3.72. The normalized spacial score (nSPS) is 14.1. The van der Waals surface area contributed by atoms with E-state index in [0.29, 0.717) is 12.1 Å². The van der Waals surface area contributed by atoms with E-state index in [0.717, 1.165) is 24.0 Å². The summed E-state index contributed by atoms with van der Waals surface area (Å²) in [5.74, 6) is 0. The average molecular weight is 343 g/mol. The van der Waals surface area contributed by atoms with Crippen LogP contribution in [0, 0.1) is 0 Å². The highest BCUT2D eigenvalue weighted by atomic mass is 79.9. The average Bonchev–Trinajstić information content (AvgIpc) is 2.47. The maximum Gasteiger partial charge on any atom is 0.0637 e. The van der Waals surface area contributed by atoms with Gasteiger partial charge in [0.2, 0.25) is 0 Å². The van der Waals surface area contributed by atoms with E-state index in [2.05, 4.69) is 65.1 Å². The van der Waals surface area contributed by atoms with Crippen molar-refractivity contribution in [3.8, 4) is 0 Å². The molecule has 0 aromatic heterocycles. The van der Waals surface area contributed by atoms with Crippen molar-refractivity contribution in [1.29, 1.82) is 0 Å². The molecule has 114 valence electrons. The molecule has 4 heteroatoms. The van der Waals surface area contributed by atoms with E-state index in [1.54, 1.807) is 7.11 Å². The molecule has 0 heterocycles. The Balaban J connectivity index is 3.01. The third-order valence-corrected chi connectivity index (χ3v) is 4.51. The Morgan fingerprint density at radius 3 is 2.55 bits per heavy atom. The van der Waals surface area contributed by atoms with Gasteiger partial charge in [-0.3, -0.25) is 0 Å². The molecule has 1 aromatic carbocycles. The summed E-state index contributed by atoms with van der Waals surface area (Å²) in [5, 5.41) is 3.27. The predicted octanol–water partition coefficient (Wildman–Crippen LogP) is 3.98. The molecule has 0 aliphatic heterocycles. The van der Waals surface area contributed by atoms with Crippen molar-refractivity contribution in [3.05, 3.63) is 28.2 Å². The number of rotatable bonds is 8. The lowest BCUT2D eigenvalue weighted by molar-refractivity contribution is 0.203. The zero-order valence-corrected chi connectivity index (χ0v) is 14.8. The van der Waals surface area contributed by atoms with Gasteiger partial charge in [0.1, 0.15) is 0 Å². The molecule has 0 radical (unpaired) electrons. The topological polar surface area (TPSA) is 24.5 Å². The zero-order chi connectivity index (χ0) is 15.1. The van der Waals surface area contributed by atoms with Gasteiger partial charge < -0.3 is 15.0 Å². The molecule has 0 fully saturated rings. The Bertz CT molecular complexity index is 411. The fourth-order valence-corrected chi connectivity index (χ4v) is 2.80. The fourth-order valence-electron chi connectivity index (χ4n) is 2.18. The minimum atomic E-state index is 0.358. The third kappa shape index (κ3) is 4.47. The first kappa shape index (κ1) is 17.5. The molecule has 0 bridgehead atoms. The van der Waals surface area contributed by atoms with E-state index in [4.69, 9.17) is 4.74 Å². The number of halogens is 1. The molecule has 0 saturated carbocycles. The van der Waals surface area contributed by atoms with Crippen molar-refractivity contribution in [2.75, 3.05) is 32.2 Å². The van der Waals surface area contributed by atoms with Gasteiger partial charge in [-0.1, -0.05) is 13.0 Å². The van der Waals surface area contributed by atoms with E-state index in [1.807, 2.05) is 7.05 Å². The summed E-state index contributed by atoms with van der Waals surface area (Å²) < 4.78 is 6.39. The van der Waals surface area contributed by atoms with Crippen LogP contribution in [0.4, 0.5) is 5.69 Å². The lowest BCUT2D eigenvalue weighted by Crippen LogP contribution is -2.35. The highest BCUT2D eigenvalue weighted by Crippen LogP contribution is 2.31. The Morgan fingerprint density at radius 2 is 2.05 bits per heavy atom. The number of nitrogens with zero attached hydrogens (tertiary/aromatic N) is 1. The van der Waals surface area contributed by atoms with E-state index in [-0.39, 0.29) is 0 Å². The van der Waals surface area contributed by atoms with Crippen molar-refractivity contribution < 1.29 is 4.74 Å². The van der Waals surface area contributed by atoms with Crippen LogP contribution < -0.4 is 10.2 Å². The molecule has 0 aliphatic carbocycles. The standard InChI is InChI=1S/C16H27BrN2O/c1-6-12(2)19(9-10-20-5)16-8-7-14(11-15(16)17)13(3)18-4/h7-8,11-13,18H,6,9-10H2,1-5H3. The van der Waals surface area contributed by atoms with Crippen molar-refractivity contribution in [2.24, 2.45) is 0 Å². The van der Waals surface area contributed by atoms with Crippen LogP contribution in [0.15, 0.2) is 22.7 Å². The van der Waals surface area contributed by atoms with Gasteiger partial charge >= 0.3 is 0 Å². The molecule has 2 unspecified atom stereocenters. The largest absolute Gasteiger partial charge is 0.383 e. The van der Waals surface area contributed by atoms with Gasteiger partial charge in [-0.2, -0.15) is 0 Å². The van der Waals surface area contributed by atoms with Crippen LogP contribution >= 0.6 is 15.9 Å². The Labute approximate surface area is 131 Å². The second-order valence-corrected chi connectivity index (χ2v) is 6.02. The number of methoxy groups -OCH3 is 1. The first-order valence-electron chi connectivity index (χ1n) is 7.27. The first-order chi connectivity index (χ1) is 9.54. The van der Waals surface area contributed by atoms with Crippen LogP contribution in [0.25, 0.3) is 0 Å². The van der Waals surface area contributed by atoms with Gasteiger partial charge in [-0.15, -0.1) is 0 Å². The summed E-state index contributed by atoms with van der Waals surface area (Å²) in [6, 6.07) is 7.46. The highest BCUT2D eigenvalue weighted by molar-refractivity contribution is 9.10. The van der Waals surface area contributed by atoms with Gasteiger partial charge in [-0.05, 0) is 60.9 Å². The SMILES string of the molecule is CCC(C)N(CCOC)c1ccc(C(C)NC)cc1Br. The van der Waals surface area contributed by atoms with Crippen LogP contribution in [0.3, 0.4) is 0 Å². The van der Waals surface area contributed by atoms with Crippen molar-refractivity contribution in [2.45, 2.75) is 39.3 Å². The predicted molar refractivity (Wildman–Crippen MR) is 90.6 cm³/mol. The monoisotopic (exact) mass is 342 g/mol. The maximum absolute atomic E-state index is 5.24. The van der Waals surface area contributed by atoms with Gasteiger partial charge in [-0.25, -0.2) is 0 Å². The minimum Gasteiger partial charge on any atom is -0.383 e. The molecular weight excluding hydrogens is 316 g/mol. The zero-order valence-electron chi connectivity index (χ0n) is 13.2. The minimum absolute atomic E-state index is 0.358.